The Hall–Kier alpha value is -3.18. The molecule has 38 heavy (non-hydrogen) atoms. The molecular formula is C26H17Br2Cl2N3O5. The summed E-state index contributed by atoms with van der Waals surface area (Å²) in [5.41, 5.74) is 1.55. The number of imide groups is 2. The molecule has 1 heterocycles. The van der Waals surface area contributed by atoms with E-state index >= 15 is 0 Å². The second-order valence-corrected chi connectivity index (χ2v) is 10.7. The summed E-state index contributed by atoms with van der Waals surface area (Å²) in [6, 6.07) is 13.6. The zero-order chi connectivity index (χ0) is 27.6. The Kier molecular flexibility index (Phi) is 8.57. The second kappa shape index (κ2) is 11.7. The molecule has 0 radical (unpaired) electrons. The molecule has 194 valence electrons. The summed E-state index contributed by atoms with van der Waals surface area (Å²) < 4.78 is 6.83. The third kappa shape index (κ3) is 6.27. The minimum atomic E-state index is -0.904. The number of barbiturate groups is 1. The maximum Gasteiger partial charge on any atom is 0.335 e. The average molecular weight is 682 g/mol. The molecule has 12 heteroatoms. The van der Waals surface area contributed by atoms with Gasteiger partial charge in [-0.25, -0.2) is 9.69 Å². The lowest BCUT2D eigenvalue weighted by atomic mass is 10.1. The van der Waals surface area contributed by atoms with Gasteiger partial charge < -0.3 is 10.1 Å². The Balaban J connectivity index is 1.62. The van der Waals surface area contributed by atoms with E-state index in [1.165, 1.54) is 18.2 Å². The summed E-state index contributed by atoms with van der Waals surface area (Å²) in [6.07, 6.45) is 1.28. The van der Waals surface area contributed by atoms with Gasteiger partial charge in [0.25, 0.3) is 17.7 Å². The maximum absolute atomic E-state index is 13.3. The van der Waals surface area contributed by atoms with Gasteiger partial charge in [0.2, 0.25) is 0 Å². The molecule has 0 saturated carbocycles. The highest BCUT2D eigenvalue weighted by Gasteiger charge is 2.37. The van der Waals surface area contributed by atoms with Crippen LogP contribution in [-0.4, -0.2) is 30.4 Å². The molecule has 8 nitrogen and oxygen atoms in total. The zero-order valence-corrected chi connectivity index (χ0v) is 24.2. The van der Waals surface area contributed by atoms with Crippen LogP contribution < -0.4 is 20.3 Å². The van der Waals surface area contributed by atoms with E-state index in [1.807, 2.05) is 6.92 Å². The third-order valence-electron chi connectivity index (χ3n) is 5.31. The van der Waals surface area contributed by atoms with Crippen molar-refractivity contribution in [2.75, 3.05) is 16.8 Å². The molecule has 0 unspecified atom stereocenters. The van der Waals surface area contributed by atoms with Crippen molar-refractivity contribution in [3.8, 4) is 5.75 Å². The van der Waals surface area contributed by atoms with Gasteiger partial charge in [0, 0.05) is 25.8 Å². The highest BCUT2D eigenvalue weighted by atomic mass is 79.9. The summed E-state index contributed by atoms with van der Waals surface area (Å²) in [5, 5.41) is 5.67. The largest absolute Gasteiger partial charge is 0.482 e. The van der Waals surface area contributed by atoms with E-state index in [1.54, 1.807) is 42.5 Å². The SMILES string of the molecule is Cc1ccc(NC(=O)COc2c(Br)cc(Br)cc2/C=C2\C(=O)NC(=O)N(c3cccc(Cl)c3)C2=O)cc1Cl. The van der Waals surface area contributed by atoms with Gasteiger partial charge in [0.1, 0.15) is 11.3 Å². The van der Waals surface area contributed by atoms with Crippen LogP contribution >= 0.6 is 55.1 Å². The number of hydrogen-bond acceptors (Lipinski definition) is 5. The fourth-order valence-electron chi connectivity index (χ4n) is 3.51. The molecule has 0 atom stereocenters. The number of carbonyl (C=O) groups excluding carboxylic acids is 4. The van der Waals surface area contributed by atoms with Crippen LogP contribution in [0.15, 0.2) is 69.1 Å². The van der Waals surface area contributed by atoms with Gasteiger partial charge in [-0.1, -0.05) is 51.3 Å². The van der Waals surface area contributed by atoms with Crippen LogP contribution in [0.3, 0.4) is 0 Å². The van der Waals surface area contributed by atoms with E-state index in [0.29, 0.717) is 30.2 Å². The number of nitrogens with one attached hydrogen (secondary N) is 2. The van der Waals surface area contributed by atoms with Gasteiger partial charge >= 0.3 is 6.03 Å². The van der Waals surface area contributed by atoms with E-state index in [9.17, 15) is 19.2 Å². The molecule has 3 aromatic carbocycles. The smallest absolute Gasteiger partial charge is 0.335 e. The minimum Gasteiger partial charge on any atom is -0.482 e. The van der Waals surface area contributed by atoms with Gasteiger partial charge in [-0.15, -0.1) is 0 Å². The summed E-state index contributed by atoms with van der Waals surface area (Å²) in [7, 11) is 0. The van der Waals surface area contributed by atoms with E-state index in [2.05, 4.69) is 42.5 Å². The Morgan fingerprint density at radius 3 is 2.55 bits per heavy atom. The molecule has 0 aromatic heterocycles. The monoisotopic (exact) mass is 679 g/mol. The Morgan fingerprint density at radius 2 is 1.84 bits per heavy atom. The van der Waals surface area contributed by atoms with Gasteiger partial charge in [-0.3, -0.25) is 19.7 Å². The molecule has 5 amide bonds. The van der Waals surface area contributed by atoms with E-state index in [0.717, 1.165) is 10.5 Å². The summed E-state index contributed by atoms with van der Waals surface area (Å²) in [5.74, 6) is -1.99. The first kappa shape index (κ1) is 27.8. The normalized spacial score (nSPS) is 14.5. The molecule has 1 fully saturated rings. The molecule has 2 N–H and O–H groups in total. The van der Waals surface area contributed by atoms with Crippen LogP contribution in [0.5, 0.6) is 5.75 Å². The molecule has 4 rings (SSSR count). The number of urea groups is 1. The first-order chi connectivity index (χ1) is 18.0. The number of carbonyl (C=O) groups is 4. The molecule has 1 saturated heterocycles. The van der Waals surface area contributed by atoms with Gasteiger partial charge in [0.15, 0.2) is 6.61 Å². The van der Waals surface area contributed by atoms with E-state index in [4.69, 9.17) is 27.9 Å². The summed E-state index contributed by atoms with van der Waals surface area (Å²) in [4.78, 5) is 51.7. The Bertz CT molecular complexity index is 1530. The zero-order valence-electron chi connectivity index (χ0n) is 19.5. The first-order valence-electron chi connectivity index (χ1n) is 10.9. The summed E-state index contributed by atoms with van der Waals surface area (Å²) >= 11 is 18.9. The van der Waals surface area contributed by atoms with Gasteiger partial charge in [-0.2, -0.15) is 0 Å². The fourth-order valence-corrected chi connectivity index (χ4v) is 5.25. The number of ether oxygens (including phenoxy) is 1. The lowest BCUT2D eigenvalue weighted by molar-refractivity contribution is -0.122. The van der Waals surface area contributed by atoms with E-state index < -0.39 is 23.8 Å². The number of anilines is 2. The molecule has 0 bridgehead atoms. The maximum atomic E-state index is 13.3. The van der Waals surface area contributed by atoms with Gasteiger partial charge in [0.05, 0.1) is 10.2 Å². The van der Waals surface area contributed by atoms with Crippen molar-refractivity contribution in [3.63, 3.8) is 0 Å². The molecule has 1 aliphatic rings. The van der Waals surface area contributed by atoms with Crippen LogP contribution in [-0.2, 0) is 14.4 Å². The van der Waals surface area contributed by atoms with Crippen LogP contribution in [0.1, 0.15) is 11.1 Å². The van der Waals surface area contributed by atoms with Crippen molar-refractivity contribution in [1.82, 2.24) is 5.32 Å². The van der Waals surface area contributed by atoms with Crippen LogP contribution in [0, 0.1) is 6.92 Å². The minimum absolute atomic E-state index is 0.193. The van der Waals surface area contributed by atoms with E-state index in [-0.39, 0.29) is 23.6 Å². The molecular weight excluding hydrogens is 665 g/mol. The fraction of sp³-hybridized carbons (Fsp3) is 0.0769. The number of halogens is 4. The van der Waals surface area contributed by atoms with Crippen molar-refractivity contribution in [2.24, 2.45) is 0 Å². The van der Waals surface area contributed by atoms with Crippen molar-refractivity contribution in [2.45, 2.75) is 6.92 Å². The van der Waals surface area contributed by atoms with Crippen molar-refractivity contribution < 1.29 is 23.9 Å². The predicted molar refractivity (Wildman–Crippen MR) is 153 cm³/mol. The third-order valence-corrected chi connectivity index (χ3v) is 7.00. The quantitative estimate of drug-likeness (QED) is 0.228. The Labute approximate surface area is 244 Å². The standard InChI is InChI=1S/C26H17Br2Cl2N3O5/c1-13-5-6-17(11-21(13)30)31-22(34)12-38-23-14(7-15(27)9-20(23)28)8-19-24(35)32-26(37)33(25(19)36)18-4-2-3-16(29)10-18/h2-11H,12H2,1H3,(H,31,34)(H,32,35,37)/b19-8+. The molecule has 3 aromatic rings. The molecule has 0 spiro atoms. The number of amides is 5. The lowest BCUT2D eigenvalue weighted by Crippen LogP contribution is -2.54. The molecule has 1 aliphatic heterocycles. The number of benzene rings is 3. The highest BCUT2D eigenvalue weighted by Crippen LogP contribution is 2.35. The van der Waals surface area contributed by atoms with Crippen LogP contribution in [0.4, 0.5) is 16.2 Å². The summed E-state index contributed by atoms with van der Waals surface area (Å²) in [6.45, 7) is 1.47. The number of rotatable bonds is 6. The van der Waals surface area contributed by atoms with Crippen LogP contribution in [0.25, 0.3) is 6.08 Å². The van der Waals surface area contributed by atoms with Crippen molar-refractivity contribution in [1.29, 1.82) is 0 Å². The van der Waals surface area contributed by atoms with Gasteiger partial charge in [-0.05, 0) is 77.0 Å². The second-order valence-electron chi connectivity index (χ2n) is 8.04. The highest BCUT2D eigenvalue weighted by molar-refractivity contribution is 9.11. The number of hydrogen-bond donors (Lipinski definition) is 2. The Morgan fingerprint density at radius 1 is 1.08 bits per heavy atom. The van der Waals surface area contributed by atoms with Crippen molar-refractivity contribution >= 4 is 96.3 Å². The number of nitrogens with zero attached hydrogens (tertiary/aromatic N) is 1. The predicted octanol–water partition coefficient (Wildman–Crippen LogP) is 6.51. The lowest BCUT2D eigenvalue weighted by Gasteiger charge is -2.26. The molecule has 0 aliphatic carbocycles. The van der Waals surface area contributed by atoms with Crippen molar-refractivity contribution in [3.05, 3.63) is 90.3 Å². The first-order valence-corrected chi connectivity index (χ1v) is 13.2. The number of aryl methyl sites for hydroxylation is 1. The van der Waals surface area contributed by atoms with Crippen LogP contribution in [0.2, 0.25) is 10.0 Å². The topological polar surface area (TPSA) is 105 Å². The average Bonchev–Trinajstić information content (AvgIpc) is 2.83.